The van der Waals surface area contributed by atoms with Gasteiger partial charge in [0.05, 0.1) is 12.5 Å². The summed E-state index contributed by atoms with van der Waals surface area (Å²) in [5.41, 5.74) is 0. The van der Waals surface area contributed by atoms with Crippen molar-refractivity contribution in [2.24, 2.45) is 5.92 Å². The number of carboxylic acids is 1. The molecule has 0 saturated carbocycles. The van der Waals surface area contributed by atoms with Gasteiger partial charge < -0.3 is 14.7 Å². The van der Waals surface area contributed by atoms with Crippen molar-refractivity contribution in [1.82, 2.24) is 4.90 Å². The highest BCUT2D eigenvalue weighted by molar-refractivity contribution is 5.79. The Balaban J connectivity index is 2.57. The Labute approximate surface area is 108 Å². The van der Waals surface area contributed by atoms with E-state index in [0.29, 0.717) is 13.0 Å². The zero-order valence-electron chi connectivity index (χ0n) is 11.2. The molecule has 5 heteroatoms. The van der Waals surface area contributed by atoms with E-state index in [1.54, 1.807) is 7.11 Å². The van der Waals surface area contributed by atoms with Crippen molar-refractivity contribution >= 4 is 11.9 Å². The van der Waals surface area contributed by atoms with Crippen LogP contribution in [-0.4, -0.2) is 48.2 Å². The summed E-state index contributed by atoms with van der Waals surface area (Å²) in [6.07, 6.45) is 3.69. The van der Waals surface area contributed by atoms with Gasteiger partial charge in [-0.15, -0.1) is 0 Å². The Hall–Kier alpha value is -1.10. The maximum atomic E-state index is 12.2. The number of hydrogen-bond acceptors (Lipinski definition) is 3. The lowest BCUT2D eigenvalue weighted by atomic mass is 9.96. The number of likely N-dealkylation sites (tertiary alicyclic amines) is 1. The molecule has 2 atom stereocenters. The Bertz CT molecular complexity index is 293. The molecule has 0 radical (unpaired) electrons. The molecule has 0 aromatic heterocycles. The van der Waals surface area contributed by atoms with E-state index >= 15 is 0 Å². The molecule has 0 aliphatic carbocycles. The van der Waals surface area contributed by atoms with Crippen molar-refractivity contribution < 1.29 is 19.4 Å². The second-order valence-electron chi connectivity index (χ2n) is 4.97. The average Bonchev–Trinajstić information content (AvgIpc) is 2.36. The monoisotopic (exact) mass is 257 g/mol. The van der Waals surface area contributed by atoms with Crippen molar-refractivity contribution in [1.29, 1.82) is 0 Å². The first-order valence-electron chi connectivity index (χ1n) is 6.57. The molecule has 1 aliphatic heterocycles. The van der Waals surface area contributed by atoms with E-state index in [0.717, 1.165) is 25.8 Å². The lowest BCUT2D eigenvalue weighted by molar-refractivity contribution is -0.143. The Morgan fingerprint density at radius 1 is 1.44 bits per heavy atom. The van der Waals surface area contributed by atoms with Gasteiger partial charge in [-0.25, -0.2) is 0 Å². The highest BCUT2D eigenvalue weighted by Gasteiger charge is 2.29. The summed E-state index contributed by atoms with van der Waals surface area (Å²) < 4.78 is 5.01. The van der Waals surface area contributed by atoms with Crippen LogP contribution in [0.2, 0.25) is 0 Å². The Morgan fingerprint density at radius 3 is 2.78 bits per heavy atom. The third kappa shape index (κ3) is 4.29. The number of amides is 1. The molecule has 1 aliphatic rings. The molecule has 0 unspecified atom stereocenters. The second-order valence-corrected chi connectivity index (χ2v) is 4.97. The number of hydrogen-bond donors (Lipinski definition) is 1. The molecule has 1 saturated heterocycles. The summed E-state index contributed by atoms with van der Waals surface area (Å²) in [6, 6.07) is 0.0849. The fourth-order valence-corrected chi connectivity index (χ4v) is 2.49. The van der Waals surface area contributed by atoms with Gasteiger partial charge in [0, 0.05) is 26.1 Å². The van der Waals surface area contributed by atoms with Gasteiger partial charge in [0.2, 0.25) is 5.91 Å². The Morgan fingerprint density at radius 2 is 2.17 bits per heavy atom. The normalized spacial score (nSPS) is 21.7. The molecule has 5 nitrogen and oxygen atoms in total. The van der Waals surface area contributed by atoms with Crippen LogP contribution < -0.4 is 0 Å². The van der Waals surface area contributed by atoms with E-state index < -0.39 is 5.97 Å². The summed E-state index contributed by atoms with van der Waals surface area (Å²) in [4.78, 5) is 24.7. The van der Waals surface area contributed by atoms with Crippen LogP contribution in [0.15, 0.2) is 0 Å². The molecule has 18 heavy (non-hydrogen) atoms. The fraction of sp³-hybridized carbons (Fsp3) is 0.846. The molecular weight excluding hydrogens is 234 g/mol. The van der Waals surface area contributed by atoms with Gasteiger partial charge >= 0.3 is 5.97 Å². The van der Waals surface area contributed by atoms with Gasteiger partial charge in [-0.1, -0.05) is 6.92 Å². The lowest BCUT2D eigenvalue weighted by Crippen LogP contribution is -2.46. The lowest BCUT2D eigenvalue weighted by Gasteiger charge is -2.37. The number of methoxy groups -OCH3 is 1. The number of aliphatic carboxylic acids is 1. The zero-order valence-corrected chi connectivity index (χ0v) is 11.2. The number of carboxylic acid groups (broad SMARTS) is 1. The number of rotatable bonds is 6. The highest BCUT2D eigenvalue weighted by Crippen LogP contribution is 2.22. The number of ether oxygens (including phenoxy) is 1. The van der Waals surface area contributed by atoms with E-state index in [9.17, 15) is 9.59 Å². The standard InChI is InChI=1S/C13H23NO4/c1-10(9-18-2)13(17)14-8-4-3-5-11(14)6-7-12(15)16/h10-11H,3-9H2,1-2H3,(H,15,16)/t10-,11-/m0/s1. The molecule has 104 valence electrons. The molecule has 0 aromatic carbocycles. The van der Waals surface area contributed by atoms with Crippen LogP contribution >= 0.6 is 0 Å². The predicted octanol–water partition coefficient (Wildman–Crippen LogP) is 1.51. The molecule has 1 N–H and O–H groups in total. The minimum absolute atomic E-state index is 0.0849. The fourth-order valence-electron chi connectivity index (χ4n) is 2.49. The minimum Gasteiger partial charge on any atom is -0.481 e. The first-order chi connectivity index (χ1) is 8.56. The molecule has 0 spiro atoms. The number of carbonyl (C=O) groups excluding carboxylic acids is 1. The maximum Gasteiger partial charge on any atom is 0.303 e. The predicted molar refractivity (Wildman–Crippen MR) is 67.3 cm³/mol. The summed E-state index contributed by atoms with van der Waals surface area (Å²) in [7, 11) is 1.59. The van der Waals surface area contributed by atoms with Crippen molar-refractivity contribution in [2.75, 3.05) is 20.3 Å². The van der Waals surface area contributed by atoms with Crippen LogP contribution in [-0.2, 0) is 14.3 Å². The summed E-state index contributed by atoms with van der Waals surface area (Å²) in [6.45, 7) is 3.02. The van der Waals surface area contributed by atoms with Crippen molar-refractivity contribution in [2.45, 2.75) is 45.1 Å². The smallest absolute Gasteiger partial charge is 0.303 e. The van der Waals surface area contributed by atoms with Crippen molar-refractivity contribution in [3.05, 3.63) is 0 Å². The van der Waals surface area contributed by atoms with Crippen LogP contribution in [0.4, 0.5) is 0 Å². The van der Waals surface area contributed by atoms with E-state index in [-0.39, 0.29) is 24.3 Å². The topological polar surface area (TPSA) is 66.8 Å². The van der Waals surface area contributed by atoms with Crippen LogP contribution in [0.25, 0.3) is 0 Å². The van der Waals surface area contributed by atoms with Crippen LogP contribution in [0, 0.1) is 5.92 Å². The summed E-state index contributed by atoms with van der Waals surface area (Å²) in [5, 5.41) is 8.74. The molecule has 0 bridgehead atoms. The van der Waals surface area contributed by atoms with Gasteiger partial charge in [0.25, 0.3) is 0 Å². The molecule has 0 aromatic rings. The summed E-state index contributed by atoms with van der Waals surface area (Å²) >= 11 is 0. The maximum absolute atomic E-state index is 12.2. The first-order valence-corrected chi connectivity index (χ1v) is 6.57. The van der Waals surface area contributed by atoms with Crippen LogP contribution in [0.3, 0.4) is 0 Å². The first kappa shape index (κ1) is 15.0. The number of carbonyl (C=O) groups is 2. The van der Waals surface area contributed by atoms with E-state index in [1.165, 1.54) is 0 Å². The molecule has 1 heterocycles. The molecule has 1 amide bonds. The van der Waals surface area contributed by atoms with E-state index in [4.69, 9.17) is 9.84 Å². The third-order valence-corrected chi connectivity index (χ3v) is 3.44. The van der Waals surface area contributed by atoms with Crippen LogP contribution in [0.1, 0.15) is 39.0 Å². The van der Waals surface area contributed by atoms with Gasteiger partial charge in [-0.05, 0) is 25.7 Å². The molecular formula is C13H23NO4. The Kier molecular flexibility index (Phi) is 6.12. The number of piperidine rings is 1. The van der Waals surface area contributed by atoms with Gasteiger partial charge in [0.1, 0.15) is 0 Å². The highest BCUT2D eigenvalue weighted by atomic mass is 16.5. The molecule has 1 rings (SSSR count). The van der Waals surface area contributed by atoms with Crippen molar-refractivity contribution in [3.63, 3.8) is 0 Å². The van der Waals surface area contributed by atoms with Crippen molar-refractivity contribution in [3.8, 4) is 0 Å². The van der Waals surface area contributed by atoms with Gasteiger partial charge in [-0.3, -0.25) is 9.59 Å². The van der Waals surface area contributed by atoms with E-state index in [1.807, 2.05) is 11.8 Å². The summed E-state index contributed by atoms with van der Waals surface area (Å²) in [5.74, 6) is -0.856. The third-order valence-electron chi connectivity index (χ3n) is 3.44. The average molecular weight is 257 g/mol. The van der Waals surface area contributed by atoms with Gasteiger partial charge in [-0.2, -0.15) is 0 Å². The molecule has 1 fully saturated rings. The van der Waals surface area contributed by atoms with E-state index in [2.05, 4.69) is 0 Å². The zero-order chi connectivity index (χ0) is 13.5. The van der Waals surface area contributed by atoms with Crippen LogP contribution in [0.5, 0.6) is 0 Å². The SMILES string of the molecule is COC[C@H](C)C(=O)N1CCCC[C@H]1CCC(=O)O. The largest absolute Gasteiger partial charge is 0.481 e. The number of nitrogens with zero attached hydrogens (tertiary/aromatic N) is 1. The minimum atomic E-state index is -0.794. The second kappa shape index (κ2) is 7.36. The van der Waals surface area contributed by atoms with Gasteiger partial charge in [0.15, 0.2) is 0 Å². The quantitative estimate of drug-likeness (QED) is 0.783.